The summed E-state index contributed by atoms with van der Waals surface area (Å²) >= 11 is 0. The second-order valence-corrected chi connectivity index (χ2v) is 4.82. The highest BCUT2D eigenvalue weighted by atomic mass is 15.0. The fourth-order valence-electron chi connectivity index (χ4n) is 1.90. The Morgan fingerprint density at radius 2 is 2.09 bits per heavy atom. The summed E-state index contributed by atoms with van der Waals surface area (Å²) in [6.45, 7) is 2.00. The van der Waals surface area contributed by atoms with Crippen LogP contribution >= 0.6 is 0 Å². The predicted molar refractivity (Wildman–Crippen MR) is 85.5 cm³/mol. The van der Waals surface area contributed by atoms with E-state index in [4.69, 9.17) is 12.2 Å². The molecular formula is C16H16N6. The molecule has 1 atom stereocenters. The minimum Gasteiger partial charge on any atom is -0.368 e. The van der Waals surface area contributed by atoms with Crippen molar-refractivity contribution < 1.29 is 0 Å². The molecule has 3 N–H and O–H groups in total. The van der Waals surface area contributed by atoms with Gasteiger partial charge < -0.3 is 11.1 Å². The van der Waals surface area contributed by atoms with Gasteiger partial charge in [-0.05, 0) is 25.5 Å². The molecule has 0 bridgehead atoms. The highest BCUT2D eigenvalue weighted by Crippen LogP contribution is 2.21. The van der Waals surface area contributed by atoms with Crippen LogP contribution in [0.5, 0.6) is 0 Å². The number of pyridine rings is 1. The number of anilines is 2. The molecule has 110 valence electrons. The van der Waals surface area contributed by atoms with Gasteiger partial charge in [-0.1, -0.05) is 0 Å². The van der Waals surface area contributed by atoms with Crippen molar-refractivity contribution in [1.82, 2.24) is 15.0 Å². The average Bonchev–Trinajstić information content (AvgIpc) is 2.53. The molecule has 6 nitrogen and oxygen atoms in total. The number of nitrogens with one attached hydrogen (secondary N) is 1. The molecule has 1 unspecified atom stereocenters. The number of hydrogen-bond donors (Lipinski definition) is 2. The molecule has 0 radical (unpaired) electrons. The normalized spacial score (nSPS) is 11.2. The molecular weight excluding hydrogens is 276 g/mol. The van der Waals surface area contributed by atoms with Crippen LogP contribution in [-0.2, 0) is 0 Å². The quantitative estimate of drug-likeness (QED) is 0.819. The zero-order valence-corrected chi connectivity index (χ0v) is 12.2. The van der Waals surface area contributed by atoms with Crippen LogP contribution < -0.4 is 11.1 Å². The van der Waals surface area contributed by atoms with Crippen molar-refractivity contribution >= 4 is 11.8 Å². The molecule has 0 saturated heterocycles. The largest absolute Gasteiger partial charge is 0.368 e. The van der Waals surface area contributed by atoms with Crippen molar-refractivity contribution in [3.8, 4) is 29.7 Å². The fourth-order valence-corrected chi connectivity index (χ4v) is 1.90. The van der Waals surface area contributed by atoms with Crippen LogP contribution in [-0.4, -0.2) is 21.0 Å². The van der Waals surface area contributed by atoms with Crippen molar-refractivity contribution in [2.24, 2.45) is 0 Å². The number of nitrogens with two attached hydrogens (primary N) is 1. The van der Waals surface area contributed by atoms with Crippen molar-refractivity contribution in [3.05, 3.63) is 30.1 Å². The Bertz CT molecular complexity index is 724. The molecule has 22 heavy (non-hydrogen) atoms. The number of nitrogen functional groups attached to an aromatic ring is 1. The van der Waals surface area contributed by atoms with Gasteiger partial charge in [0.25, 0.3) is 0 Å². The van der Waals surface area contributed by atoms with Gasteiger partial charge in [-0.25, -0.2) is 15.0 Å². The molecule has 2 heterocycles. The Kier molecular flexibility index (Phi) is 4.89. The van der Waals surface area contributed by atoms with Crippen LogP contribution in [0, 0.1) is 23.7 Å². The Morgan fingerprint density at radius 1 is 1.36 bits per heavy atom. The molecule has 2 aromatic heterocycles. The predicted octanol–water partition coefficient (Wildman–Crippen LogP) is 2.21. The highest BCUT2D eigenvalue weighted by Gasteiger charge is 2.10. The maximum absolute atomic E-state index is 9.20. The van der Waals surface area contributed by atoms with Gasteiger partial charge in [0, 0.05) is 30.4 Å². The summed E-state index contributed by atoms with van der Waals surface area (Å²) < 4.78 is 0. The third-order valence-corrected chi connectivity index (χ3v) is 3.09. The third kappa shape index (κ3) is 3.71. The van der Waals surface area contributed by atoms with E-state index in [0.29, 0.717) is 23.5 Å². The first kappa shape index (κ1) is 15.3. The lowest BCUT2D eigenvalue weighted by Gasteiger charge is -2.15. The van der Waals surface area contributed by atoms with E-state index < -0.39 is 0 Å². The lowest BCUT2D eigenvalue weighted by molar-refractivity contribution is 0.723. The number of aromatic nitrogens is 3. The van der Waals surface area contributed by atoms with Gasteiger partial charge in [-0.15, -0.1) is 12.3 Å². The van der Waals surface area contributed by atoms with Crippen molar-refractivity contribution in [2.45, 2.75) is 25.8 Å². The van der Waals surface area contributed by atoms with Gasteiger partial charge >= 0.3 is 0 Å². The van der Waals surface area contributed by atoms with E-state index in [1.807, 2.05) is 6.92 Å². The van der Waals surface area contributed by atoms with Crippen LogP contribution in [0.15, 0.2) is 24.5 Å². The Morgan fingerprint density at radius 3 is 2.73 bits per heavy atom. The van der Waals surface area contributed by atoms with Gasteiger partial charge in [0.05, 0.1) is 11.3 Å². The first-order valence-electron chi connectivity index (χ1n) is 6.83. The summed E-state index contributed by atoms with van der Waals surface area (Å²) in [5.74, 6) is 3.34. The SMILES string of the molecule is C#CCCC(C)Nc1nc(-c2cnc(N)nc2)ccc1C#N. The first-order chi connectivity index (χ1) is 10.6. The number of terminal acetylenes is 1. The second kappa shape index (κ2) is 7.05. The Labute approximate surface area is 129 Å². The van der Waals surface area contributed by atoms with E-state index in [1.54, 1.807) is 24.5 Å². The summed E-state index contributed by atoms with van der Waals surface area (Å²) in [4.78, 5) is 12.4. The topological polar surface area (TPSA) is 101 Å². The minimum atomic E-state index is 0.119. The third-order valence-electron chi connectivity index (χ3n) is 3.09. The molecule has 0 fully saturated rings. The minimum absolute atomic E-state index is 0.119. The zero-order valence-electron chi connectivity index (χ0n) is 12.2. The number of nitrogens with zero attached hydrogens (tertiary/aromatic N) is 4. The molecule has 0 saturated carbocycles. The second-order valence-electron chi connectivity index (χ2n) is 4.82. The smallest absolute Gasteiger partial charge is 0.219 e. The monoisotopic (exact) mass is 292 g/mol. The van der Waals surface area contributed by atoms with Crippen molar-refractivity contribution in [1.29, 1.82) is 5.26 Å². The van der Waals surface area contributed by atoms with Gasteiger partial charge in [-0.2, -0.15) is 5.26 Å². The van der Waals surface area contributed by atoms with Crippen LogP contribution in [0.25, 0.3) is 11.3 Å². The summed E-state index contributed by atoms with van der Waals surface area (Å²) in [5.41, 5.74) is 7.36. The molecule has 0 aliphatic heterocycles. The zero-order chi connectivity index (χ0) is 15.9. The standard InChI is InChI=1S/C16H16N6/c1-3-4-5-11(2)21-15-12(8-17)6-7-14(22-15)13-9-19-16(18)20-10-13/h1,6-7,9-11H,4-5H2,2H3,(H,21,22)(H2,18,19,20). The lowest BCUT2D eigenvalue weighted by atomic mass is 10.1. The van der Waals surface area contributed by atoms with Crippen LogP contribution in [0.4, 0.5) is 11.8 Å². The molecule has 0 spiro atoms. The first-order valence-corrected chi connectivity index (χ1v) is 6.83. The molecule has 2 aromatic rings. The molecule has 6 heteroatoms. The Hall–Kier alpha value is -3.12. The maximum Gasteiger partial charge on any atom is 0.219 e. The summed E-state index contributed by atoms with van der Waals surface area (Å²) in [7, 11) is 0. The van der Waals surface area contributed by atoms with E-state index >= 15 is 0 Å². The van der Waals surface area contributed by atoms with E-state index in [-0.39, 0.29) is 12.0 Å². The summed E-state index contributed by atoms with van der Waals surface area (Å²) in [5, 5.41) is 12.4. The van der Waals surface area contributed by atoms with Crippen molar-refractivity contribution in [2.75, 3.05) is 11.1 Å². The molecule has 0 aliphatic carbocycles. The van der Waals surface area contributed by atoms with Gasteiger partial charge in [-0.3, -0.25) is 0 Å². The van der Waals surface area contributed by atoms with Crippen molar-refractivity contribution in [3.63, 3.8) is 0 Å². The van der Waals surface area contributed by atoms with Crippen LogP contribution in [0.2, 0.25) is 0 Å². The lowest BCUT2D eigenvalue weighted by Crippen LogP contribution is -2.16. The summed E-state index contributed by atoms with van der Waals surface area (Å²) in [6.07, 6.45) is 9.94. The molecule has 0 aliphatic rings. The maximum atomic E-state index is 9.20. The number of nitriles is 1. The van der Waals surface area contributed by atoms with Gasteiger partial charge in [0.2, 0.25) is 5.95 Å². The van der Waals surface area contributed by atoms with E-state index in [9.17, 15) is 5.26 Å². The van der Waals surface area contributed by atoms with Gasteiger partial charge in [0.1, 0.15) is 11.9 Å². The fraction of sp³-hybridized carbons (Fsp3) is 0.250. The number of hydrogen-bond acceptors (Lipinski definition) is 6. The van der Waals surface area contributed by atoms with Crippen LogP contribution in [0.3, 0.4) is 0 Å². The van der Waals surface area contributed by atoms with Crippen LogP contribution in [0.1, 0.15) is 25.3 Å². The Balaban J connectivity index is 2.28. The molecule has 0 amide bonds. The van der Waals surface area contributed by atoms with Gasteiger partial charge in [0.15, 0.2) is 0 Å². The summed E-state index contributed by atoms with van der Waals surface area (Å²) in [6, 6.07) is 5.72. The average molecular weight is 292 g/mol. The highest BCUT2D eigenvalue weighted by molar-refractivity contribution is 5.64. The number of rotatable bonds is 5. The molecule has 0 aromatic carbocycles. The van der Waals surface area contributed by atoms with E-state index in [0.717, 1.165) is 12.0 Å². The van der Waals surface area contributed by atoms with E-state index in [1.165, 1.54) is 0 Å². The van der Waals surface area contributed by atoms with E-state index in [2.05, 4.69) is 32.3 Å². The molecule has 2 rings (SSSR count).